The summed E-state index contributed by atoms with van der Waals surface area (Å²) in [4.78, 5) is 11.1. The first-order valence-corrected chi connectivity index (χ1v) is 9.93. The number of hydrogen-bond acceptors (Lipinski definition) is 5. The first kappa shape index (κ1) is 22.9. The lowest BCUT2D eigenvalue weighted by molar-refractivity contribution is -0.140. The number of carbonyl (C=O) groups excluding carboxylic acids is 1. The Kier molecular flexibility index (Phi) is 11.5. The number of hydrogen-bond donors (Lipinski definition) is 3. The molecule has 5 nitrogen and oxygen atoms in total. The molecule has 3 N–H and O–H groups in total. The molecular formula is C21H36O5. The molecule has 0 heterocycles. The molecule has 0 saturated heterocycles. The predicted octanol–water partition coefficient (Wildman–Crippen LogP) is 3.13. The maximum absolute atomic E-state index is 11.1. The summed E-state index contributed by atoms with van der Waals surface area (Å²) in [6, 6.07) is 0. The molecular weight excluding hydrogens is 332 g/mol. The van der Waals surface area contributed by atoms with Gasteiger partial charge in [0.1, 0.15) is 0 Å². The Labute approximate surface area is 157 Å². The van der Waals surface area contributed by atoms with Crippen LogP contribution in [-0.2, 0) is 9.53 Å². The summed E-state index contributed by atoms with van der Waals surface area (Å²) in [6.07, 6.45) is 13.1. The van der Waals surface area contributed by atoms with Gasteiger partial charge in [0.25, 0.3) is 0 Å². The van der Waals surface area contributed by atoms with Gasteiger partial charge in [-0.2, -0.15) is 0 Å². The molecule has 26 heavy (non-hydrogen) atoms. The van der Waals surface area contributed by atoms with Crippen LogP contribution in [0.15, 0.2) is 24.3 Å². The number of unbranched alkanes of at least 4 members (excludes halogenated alkanes) is 3. The summed E-state index contributed by atoms with van der Waals surface area (Å²) in [7, 11) is 1.39. The molecule has 0 aromatic rings. The van der Waals surface area contributed by atoms with Gasteiger partial charge in [0.15, 0.2) is 0 Å². The standard InChI is InChI=1S/C21H36O5/c1-3-4-7-10-16(22)13-14-18-17(19(23)15-20(18)24)11-8-5-6-9-12-21(25)26-2/h5,8,13-14,16-20,22-24H,3-4,6-7,9-12,15H2,1-2H3/b8-5+,14-13-/t16-,17+,18+,19-,20+/m0/s1. The molecule has 0 spiro atoms. The number of aliphatic hydroxyl groups is 3. The Hall–Kier alpha value is -1.17. The topological polar surface area (TPSA) is 87.0 Å². The molecule has 0 aliphatic heterocycles. The van der Waals surface area contributed by atoms with Crippen LogP contribution >= 0.6 is 0 Å². The van der Waals surface area contributed by atoms with Gasteiger partial charge in [-0.15, -0.1) is 0 Å². The van der Waals surface area contributed by atoms with E-state index < -0.39 is 18.3 Å². The van der Waals surface area contributed by atoms with E-state index in [1.807, 2.05) is 18.2 Å². The highest BCUT2D eigenvalue weighted by atomic mass is 16.5. The molecule has 0 aromatic carbocycles. The van der Waals surface area contributed by atoms with Gasteiger partial charge in [-0.05, 0) is 31.6 Å². The van der Waals surface area contributed by atoms with Gasteiger partial charge in [0.05, 0.1) is 25.4 Å². The zero-order chi connectivity index (χ0) is 19.4. The van der Waals surface area contributed by atoms with Gasteiger partial charge in [-0.3, -0.25) is 4.79 Å². The van der Waals surface area contributed by atoms with Crippen LogP contribution < -0.4 is 0 Å². The van der Waals surface area contributed by atoms with E-state index >= 15 is 0 Å². The van der Waals surface area contributed by atoms with E-state index in [0.29, 0.717) is 19.3 Å². The van der Waals surface area contributed by atoms with Crippen LogP contribution in [0, 0.1) is 11.8 Å². The SMILES string of the molecule is CCCCC[C@H](O)/C=C\[C@@H]1[C@@H](C/C=C/CCCC(=O)OC)[C@@H](O)C[C@H]1O. The fourth-order valence-electron chi connectivity index (χ4n) is 3.50. The second-order valence-electron chi connectivity index (χ2n) is 7.24. The summed E-state index contributed by atoms with van der Waals surface area (Å²) < 4.78 is 4.60. The average Bonchev–Trinajstić information content (AvgIpc) is 2.89. The Morgan fingerprint density at radius 1 is 1.19 bits per heavy atom. The fourth-order valence-corrected chi connectivity index (χ4v) is 3.50. The minimum atomic E-state index is -0.568. The minimum Gasteiger partial charge on any atom is -0.469 e. The number of allylic oxidation sites excluding steroid dienone is 2. The number of rotatable bonds is 12. The van der Waals surface area contributed by atoms with Crippen molar-refractivity contribution in [3.63, 3.8) is 0 Å². The molecule has 0 unspecified atom stereocenters. The molecule has 1 saturated carbocycles. The first-order valence-electron chi connectivity index (χ1n) is 9.93. The van der Waals surface area contributed by atoms with Gasteiger partial charge < -0.3 is 20.1 Å². The van der Waals surface area contributed by atoms with Crippen molar-refractivity contribution in [2.75, 3.05) is 7.11 Å². The maximum Gasteiger partial charge on any atom is 0.305 e. The van der Waals surface area contributed by atoms with Crippen molar-refractivity contribution >= 4 is 5.97 Å². The van der Waals surface area contributed by atoms with Crippen molar-refractivity contribution in [1.82, 2.24) is 0 Å². The van der Waals surface area contributed by atoms with Gasteiger partial charge in [-0.1, -0.05) is 50.5 Å². The smallest absolute Gasteiger partial charge is 0.305 e. The lowest BCUT2D eigenvalue weighted by atomic mass is 9.89. The fraction of sp³-hybridized carbons (Fsp3) is 0.762. The lowest BCUT2D eigenvalue weighted by Gasteiger charge is -2.19. The quantitative estimate of drug-likeness (QED) is 0.280. The van der Waals surface area contributed by atoms with Crippen LogP contribution in [0.25, 0.3) is 0 Å². The van der Waals surface area contributed by atoms with Crippen molar-refractivity contribution < 1.29 is 24.9 Å². The summed E-state index contributed by atoms with van der Waals surface area (Å²) in [5, 5.41) is 30.5. The van der Waals surface area contributed by atoms with Crippen molar-refractivity contribution in [2.45, 2.75) is 83.0 Å². The second kappa shape index (κ2) is 13.1. The Morgan fingerprint density at radius 3 is 2.65 bits per heavy atom. The third kappa shape index (κ3) is 8.47. The Bertz CT molecular complexity index is 446. The van der Waals surface area contributed by atoms with Gasteiger partial charge in [0.2, 0.25) is 0 Å². The van der Waals surface area contributed by atoms with E-state index in [4.69, 9.17) is 0 Å². The highest BCUT2D eigenvalue weighted by molar-refractivity contribution is 5.69. The molecule has 0 aromatic heterocycles. The van der Waals surface area contributed by atoms with Gasteiger partial charge in [-0.25, -0.2) is 0 Å². The van der Waals surface area contributed by atoms with E-state index in [2.05, 4.69) is 11.7 Å². The molecule has 1 rings (SSSR count). The molecule has 5 atom stereocenters. The third-order valence-electron chi connectivity index (χ3n) is 5.13. The van der Waals surface area contributed by atoms with Crippen LogP contribution in [0.4, 0.5) is 0 Å². The first-order chi connectivity index (χ1) is 12.5. The number of aliphatic hydroxyl groups excluding tert-OH is 3. The summed E-state index contributed by atoms with van der Waals surface area (Å²) >= 11 is 0. The molecule has 0 amide bonds. The minimum absolute atomic E-state index is 0.0408. The average molecular weight is 369 g/mol. The molecule has 1 aliphatic rings. The molecule has 1 fully saturated rings. The largest absolute Gasteiger partial charge is 0.469 e. The summed E-state index contributed by atoms with van der Waals surface area (Å²) in [5.74, 6) is -0.373. The zero-order valence-electron chi connectivity index (χ0n) is 16.2. The highest BCUT2D eigenvalue weighted by Crippen LogP contribution is 2.36. The van der Waals surface area contributed by atoms with Crippen LogP contribution in [-0.4, -0.2) is 46.7 Å². The lowest BCUT2D eigenvalue weighted by Crippen LogP contribution is -2.20. The molecule has 0 radical (unpaired) electrons. The predicted molar refractivity (Wildman–Crippen MR) is 103 cm³/mol. The van der Waals surface area contributed by atoms with Crippen molar-refractivity contribution in [2.24, 2.45) is 11.8 Å². The van der Waals surface area contributed by atoms with Crippen molar-refractivity contribution in [3.05, 3.63) is 24.3 Å². The third-order valence-corrected chi connectivity index (χ3v) is 5.13. The Balaban J connectivity index is 2.44. The van der Waals surface area contributed by atoms with Crippen molar-refractivity contribution in [3.8, 4) is 0 Å². The molecule has 150 valence electrons. The van der Waals surface area contributed by atoms with E-state index in [1.165, 1.54) is 7.11 Å². The molecule has 5 heteroatoms. The van der Waals surface area contributed by atoms with Crippen molar-refractivity contribution in [1.29, 1.82) is 0 Å². The van der Waals surface area contributed by atoms with E-state index in [-0.39, 0.29) is 17.8 Å². The number of methoxy groups -OCH3 is 1. The summed E-state index contributed by atoms with van der Waals surface area (Å²) in [6.45, 7) is 2.13. The van der Waals surface area contributed by atoms with Crippen LogP contribution in [0.3, 0.4) is 0 Å². The maximum atomic E-state index is 11.1. The number of carbonyl (C=O) groups is 1. The van der Waals surface area contributed by atoms with Gasteiger partial charge in [0, 0.05) is 18.8 Å². The van der Waals surface area contributed by atoms with E-state index in [1.54, 1.807) is 6.08 Å². The zero-order valence-corrected chi connectivity index (χ0v) is 16.2. The normalized spacial score (nSPS) is 27.4. The van der Waals surface area contributed by atoms with Crippen LogP contribution in [0.2, 0.25) is 0 Å². The number of esters is 1. The Morgan fingerprint density at radius 2 is 1.96 bits per heavy atom. The van der Waals surface area contributed by atoms with Gasteiger partial charge >= 0.3 is 5.97 Å². The highest BCUT2D eigenvalue weighted by Gasteiger charge is 2.39. The van der Waals surface area contributed by atoms with Crippen LogP contribution in [0.5, 0.6) is 0 Å². The number of ether oxygens (including phenoxy) is 1. The molecule has 1 aliphatic carbocycles. The summed E-state index contributed by atoms with van der Waals surface area (Å²) in [5.41, 5.74) is 0. The van der Waals surface area contributed by atoms with E-state index in [0.717, 1.165) is 38.5 Å². The van der Waals surface area contributed by atoms with E-state index in [9.17, 15) is 20.1 Å². The second-order valence-corrected chi connectivity index (χ2v) is 7.24. The molecule has 0 bridgehead atoms. The van der Waals surface area contributed by atoms with Crippen LogP contribution in [0.1, 0.15) is 64.7 Å². The monoisotopic (exact) mass is 368 g/mol.